The number of aryl methyl sites for hydroxylation is 1. The van der Waals surface area contributed by atoms with Crippen molar-refractivity contribution in [3.63, 3.8) is 0 Å². The minimum absolute atomic E-state index is 0.00311. The minimum atomic E-state index is -0.492. The van der Waals surface area contributed by atoms with Gasteiger partial charge in [0.1, 0.15) is 5.60 Å². The van der Waals surface area contributed by atoms with Gasteiger partial charge in [0.2, 0.25) is 5.91 Å². The monoisotopic (exact) mass is 429 g/mol. The molecule has 2 N–H and O–H groups in total. The molecule has 0 aliphatic heterocycles. The Morgan fingerprint density at radius 1 is 1.13 bits per heavy atom. The molecule has 0 radical (unpaired) electrons. The number of hydrogen-bond acceptors (Lipinski definition) is 5. The molecule has 6 nitrogen and oxygen atoms in total. The van der Waals surface area contributed by atoms with Gasteiger partial charge in [-0.25, -0.2) is 9.78 Å². The van der Waals surface area contributed by atoms with Gasteiger partial charge in [-0.1, -0.05) is 29.8 Å². The number of carbonyl (C=O) groups is 2. The highest BCUT2D eigenvalue weighted by atomic mass is 32.1. The van der Waals surface area contributed by atoms with E-state index in [4.69, 9.17) is 4.74 Å². The van der Waals surface area contributed by atoms with Crippen LogP contribution in [0.2, 0.25) is 0 Å². The van der Waals surface area contributed by atoms with Crippen molar-refractivity contribution >= 4 is 28.5 Å². The molecular weight excluding hydrogens is 398 g/mol. The Morgan fingerprint density at radius 2 is 1.80 bits per heavy atom. The number of aromatic nitrogens is 1. The first-order valence-electron chi connectivity index (χ1n) is 10.5. The van der Waals surface area contributed by atoms with Crippen molar-refractivity contribution in [3.8, 4) is 11.3 Å². The molecule has 1 saturated carbocycles. The lowest BCUT2D eigenvalue weighted by Gasteiger charge is -2.29. The molecule has 7 heteroatoms. The van der Waals surface area contributed by atoms with Crippen LogP contribution in [-0.4, -0.2) is 28.6 Å². The van der Waals surface area contributed by atoms with Crippen LogP contribution in [0.3, 0.4) is 0 Å². The number of rotatable bonds is 5. The first-order chi connectivity index (χ1) is 14.2. The molecule has 3 rings (SSSR count). The number of hydrogen-bond donors (Lipinski definition) is 2. The highest BCUT2D eigenvalue weighted by Gasteiger charge is 2.26. The standard InChI is InChI=1S/C23H31N3O3S/c1-15-5-9-17(10-6-15)19-14-30-21(25-19)26-20(27)13-16-7-11-18(12-8-16)24-22(28)29-23(2,3)4/h5-6,9-10,14,16,18H,7-8,11-13H2,1-4H3,(H,24,28)(H,25,26,27). The van der Waals surface area contributed by atoms with Crippen molar-refractivity contribution in [1.29, 1.82) is 0 Å². The Morgan fingerprint density at radius 3 is 2.43 bits per heavy atom. The summed E-state index contributed by atoms with van der Waals surface area (Å²) in [5, 5.41) is 8.48. The second kappa shape index (κ2) is 9.60. The summed E-state index contributed by atoms with van der Waals surface area (Å²) >= 11 is 1.45. The summed E-state index contributed by atoms with van der Waals surface area (Å²) in [6, 6.07) is 8.32. The second-order valence-corrected chi connectivity index (χ2v) is 9.88. The fourth-order valence-electron chi connectivity index (χ4n) is 3.61. The molecule has 1 fully saturated rings. The number of nitrogens with zero attached hydrogens (tertiary/aromatic N) is 1. The van der Waals surface area contributed by atoms with E-state index in [1.807, 2.05) is 38.3 Å². The van der Waals surface area contributed by atoms with Gasteiger partial charge in [0, 0.05) is 23.4 Å². The van der Waals surface area contributed by atoms with Gasteiger partial charge in [-0.3, -0.25) is 4.79 Å². The molecule has 0 bridgehead atoms. The van der Waals surface area contributed by atoms with Gasteiger partial charge in [-0.15, -0.1) is 11.3 Å². The smallest absolute Gasteiger partial charge is 0.407 e. The third kappa shape index (κ3) is 6.83. The van der Waals surface area contributed by atoms with Gasteiger partial charge in [0.25, 0.3) is 0 Å². The maximum atomic E-state index is 12.5. The van der Waals surface area contributed by atoms with E-state index in [1.165, 1.54) is 16.9 Å². The average molecular weight is 430 g/mol. The van der Waals surface area contributed by atoms with E-state index in [2.05, 4.69) is 34.7 Å². The van der Waals surface area contributed by atoms with Crippen molar-refractivity contribution < 1.29 is 14.3 Å². The van der Waals surface area contributed by atoms with Crippen molar-refractivity contribution in [1.82, 2.24) is 10.3 Å². The van der Waals surface area contributed by atoms with Crippen LogP contribution in [0.25, 0.3) is 11.3 Å². The first kappa shape index (κ1) is 22.3. The zero-order valence-electron chi connectivity index (χ0n) is 18.2. The molecule has 0 spiro atoms. The molecule has 162 valence electrons. The molecule has 1 aromatic heterocycles. The number of anilines is 1. The summed E-state index contributed by atoms with van der Waals surface area (Å²) in [4.78, 5) is 28.9. The summed E-state index contributed by atoms with van der Waals surface area (Å²) in [7, 11) is 0. The molecule has 1 aliphatic carbocycles. The van der Waals surface area contributed by atoms with Crippen LogP contribution in [-0.2, 0) is 9.53 Å². The first-order valence-corrected chi connectivity index (χ1v) is 11.4. The summed E-state index contributed by atoms with van der Waals surface area (Å²) in [6.45, 7) is 7.62. The number of carbonyl (C=O) groups excluding carboxylic acids is 2. The Labute approximate surface area is 182 Å². The van der Waals surface area contributed by atoms with Crippen LogP contribution in [0.1, 0.15) is 58.4 Å². The van der Waals surface area contributed by atoms with Crippen LogP contribution in [0, 0.1) is 12.8 Å². The fourth-order valence-corrected chi connectivity index (χ4v) is 4.34. The summed E-state index contributed by atoms with van der Waals surface area (Å²) in [5.41, 5.74) is 2.64. The predicted molar refractivity (Wildman–Crippen MR) is 121 cm³/mol. The summed E-state index contributed by atoms with van der Waals surface area (Å²) in [6.07, 6.45) is 3.69. The van der Waals surface area contributed by atoms with Crippen molar-refractivity contribution in [3.05, 3.63) is 35.2 Å². The van der Waals surface area contributed by atoms with Crippen LogP contribution in [0.5, 0.6) is 0 Å². The second-order valence-electron chi connectivity index (χ2n) is 9.02. The lowest BCUT2D eigenvalue weighted by Crippen LogP contribution is -2.41. The third-order valence-corrected chi connectivity index (χ3v) is 5.90. The Hall–Kier alpha value is -2.41. The van der Waals surface area contributed by atoms with Crippen molar-refractivity contribution in [2.45, 2.75) is 71.4 Å². The highest BCUT2D eigenvalue weighted by molar-refractivity contribution is 7.14. The minimum Gasteiger partial charge on any atom is -0.444 e. The summed E-state index contributed by atoms with van der Waals surface area (Å²) in [5.74, 6) is 0.335. The Balaban J connectivity index is 1.42. The molecule has 1 heterocycles. The van der Waals surface area contributed by atoms with E-state index in [0.717, 1.165) is 36.9 Å². The van der Waals surface area contributed by atoms with Gasteiger partial charge in [-0.2, -0.15) is 0 Å². The molecule has 2 amide bonds. The van der Waals surface area contributed by atoms with Crippen molar-refractivity contribution in [2.75, 3.05) is 5.32 Å². The topological polar surface area (TPSA) is 80.3 Å². The van der Waals surface area contributed by atoms with Crippen LogP contribution >= 0.6 is 11.3 Å². The molecule has 1 aromatic carbocycles. The largest absolute Gasteiger partial charge is 0.444 e. The number of nitrogens with one attached hydrogen (secondary N) is 2. The predicted octanol–water partition coefficient (Wildman–Crippen LogP) is 5.53. The van der Waals surface area contributed by atoms with Gasteiger partial charge in [-0.05, 0) is 59.3 Å². The van der Waals surface area contributed by atoms with Gasteiger partial charge < -0.3 is 15.4 Å². The fraction of sp³-hybridized carbons (Fsp3) is 0.522. The SMILES string of the molecule is Cc1ccc(-c2csc(NC(=O)CC3CCC(NC(=O)OC(C)(C)C)CC3)n2)cc1. The highest BCUT2D eigenvalue weighted by Crippen LogP contribution is 2.29. The zero-order chi connectivity index (χ0) is 21.7. The van der Waals surface area contributed by atoms with Crippen molar-refractivity contribution in [2.24, 2.45) is 5.92 Å². The maximum Gasteiger partial charge on any atom is 0.407 e. The molecule has 30 heavy (non-hydrogen) atoms. The quantitative estimate of drug-likeness (QED) is 0.655. The van der Waals surface area contributed by atoms with E-state index in [1.54, 1.807) is 0 Å². The molecular formula is C23H31N3O3S. The summed E-state index contributed by atoms with van der Waals surface area (Å²) < 4.78 is 5.32. The van der Waals surface area contributed by atoms with E-state index < -0.39 is 5.60 Å². The maximum absolute atomic E-state index is 12.5. The molecule has 0 atom stereocenters. The zero-order valence-corrected chi connectivity index (χ0v) is 19.0. The lowest BCUT2D eigenvalue weighted by molar-refractivity contribution is -0.117. The molecule has 0 unspecified atom stereocenters. The number of alkyl carbamates (subject to hydrolysis) is 1. The average Bonchev–Trinajstić information content (AvgIpc) is 3.10. The number of benzene rings is 1. The van der Waals surface area contributed by atoms with Gasteiger partial charge in [0.15, 0.2) is 5.13 Å². The third-order valence-electron chi connectivity index (χ3n) is 5.14. The molecule has 1 aliphatic rings. The Kier molecular flexibility index (Phi) is 7.13. The van der Waals surface area contributed by atoms with E-state index in [-0.39, 0.29) is 18.0 Å². The molecule has 2 aromatic rings. The van der Waals surface area contributed by atoms with E-state index in [9.17, 15) is 9.59 Å². The number of ether oxygens (including phenoxy) is 1. The van der Waals surface area contributed by atoms with Crippen LogP contribution < -0.4 is 10.6 Å². The molecule has 0 saturated heterocycles. The van der Waals surface area contributed by atoms with E-state index in [0.29, 0.717) is 17.5 Å². The van der Waals surface area contributed by atoms with Crippen LogP contribution in [0.15, 0.2) is 29.6 Å². The lowest BCUT2D eigenvalue weighted by atomic mass is 9.84. The van der Waals surface area contributed by atoms with Gasteiger partial charge in [0.05, 0.1) is 5.69 Å². The Bertz CT molecular complexity index is 863. The number of thiazole rings is 1. The van der Waals surface area contributed by atoms with E-state index >= 15 is 0 Å². The van der Waals surface area contributed by atoms with Crippen LogP contribution in [0.4, 0.5) is 9.93 Å². The number of amides is 2. The normalized spacial score (nSPS) is 19.2. The van der Waals surface area contributed by atoms with Gasteiger partial charge >= 0.3 is 6.09 Å².